The highest BCUT2D eigenvalue weighted by molar-refractivity contribution is 9.10. The molecule has 1 N–H and O–H groups in total. The minimum absolute atomic E-state index is 0.0271. The molecule has 0 bridgehead atoms. The lowest BCUT2D eigenvalue weighted by Crippen LogP contribution is -2.30. The van der Waals surface area contributed by atoms with Crippen LogP contribution in [0.5, 0.6) is 5.75 Å². The predicted molar refractivity (Wildman–Crippen MR) is 87.5 cm³/mol. The Labute approximate surface area is 136 Å². The standard InChI is InChI=1S/C15H16BrNO3S/c16-12-3-1-4-13(9-12)20-10-15(18)17-6-8-21-11-14-5-2-7-19-14/h1-5,7,9H,6,8,10-11H2,(H,17,18). The molecule has 21 heavy (non-hydrogen) atoms. The van der Waals surface area contributed by atoms with Gasteiger partial charge < -0.3 is 14.5 Å². The van der Waals surface area contributed by atoms with Gasteiger partial charge in [0.1, 0.15) is 11.5 Å². The third-order valence-corrected chi connectivity index (χ3v) is 4.03. The molecule has 6 heteroatoms. The lowest BCUT2D eigenvalue weighted by molar-refractivity contribution is -0.122. The lowest BCUT2D eigenvalue weighted by Gasteiger charge is -2.07. The van der Waals surface area contributed by atoms with Crippen LogP contribution >= 0.6 is 27.7 Å². The molecule has 112 valence electrons. The summed E-state index contributed by atoms with van der Waals surface area (Å²) in [6, 6.07) is 11.2. The Morgan fingerprint density at radius 1 is 1.33 bits per heavy atom. The van der Waals surface area contributed by atoms with E-state index in [9.17, 15) is 4.79 Å². The van der Waals surface area contributed by atoms with Crippen molar-refractivity contribution in [1.82, 2.24) is 5.32 Å². The molecule has 4 nitrogen and oxygen atoms in total. The molecule has 1 heterocycles. The number of halogens is 1. The van der Waals surface area contributed by atoms with Crippen LogP contribution in [0.3, 0.4) is 0 Å². The van der Waals surface area contributed by atoms with E-state index in [0.29, 0.717) is 12.3 Å². The molecule has 0 aliphatic carbocycles. The third kappa shape index (κ3) is 6.27. The van der Waals surface area contributed by atoms with Crippen molar-refractivity contribution < 1.29 is 13.9 Å². The van der Waals surface area contributed by atoms with E-state index in [-0.39, 0.29) is 12.5 Å². The van der Waals surface area contributed by atoms with Crippen LogP contribution in [0.15, 0.2) is 51.6 Å². The highest BCUT2D eigenvalue weighted by Crippen LogP contribution is 2.17. The van der Waals surface area contributed by atoms with Crippen LogP contribution in [0.2, 0.25) is 0 Å². The molecule has 0 saturated carbocycles. The van der Waals surface area contributed by atoms with Crippen molar-refractivity contribution in [2.45, 2.75) is 5.75 Å². The predicted octanol–water partition coefficient (Wildman–Crippen LogP) is 3.47. The third-order valence-electron chi connectivity index (χ3n) is 2.56. The summed E-state index contributed by atoms with van der Waals surface area (Å²) in [5.74, 6) is 3.16. The van der Waals surface area contributed by atoms with Crippen molar-refractivity contribution in [2.75, 3.05) is 18.9 Å². The number of hydrogen-bond acceptors (Lipinski definition) is 4. The van der Waals surface area contributed by atoms with Crippen molar-refractivity contribution in [3.63, 3.8) is 0 Å². The molecular weight excluding hydrogens is 354 g/mol. The Bertz CT molecular complexity index is 560. The maximum absolute atomic E-state index is 11.6. The first-order chi connectivity index (χ1) is 10.2. The van der Waals surface area contributed by atoms with Crippen LogP contribution in [0.1, 0.15) is 5.76 Å². The van der Waals surface area contributed by atoms with E-state index in [1.54, 1.807) is 18.0 Å². The molecule has 0 aliphatic rings. The summed E-state index contributed by atoms with van der Waals surface area (Å²) in [6.07, 6.45) is 1.66. The SMILES string of the molecule is O=C(COc1cccc(Br)c1)NCCSCc1ccco1. The molecule has 1 aromatic heterocycles. The summed E-state index contributed by atoms with van der Waals surface area (Å²) in [5.41, 5.74) is 0. The Morgan fingerprint density at radius 2 is 2.24 bits per heavy atom. The first kappa shape index (κ1) is 16.0. The highest BCUT2D eigenvalue weighted by atomic mass is 79.9. The Morgan fingerprint density at radius 3 is 3.00 bits per heavy atom. The van der Waals surface area contributed by atoms with Crippen LogP contribution in [-0.4, -0.2) is 24.8 Å². The van der Waals surface area contributed by atoms with Crippen molar-refractivity contribution in [3.8, 4) is 5.75 Å². The van der Waals surface area contributed by atoms with Crippen molar-refractivity contribution in [2.24, 2.45) is 0 Å². The number of carbonyl (C=O) groups is 1. The van der Waals surface area contributed by atoms with Gasteiger partial charge in [-0.1, -0.05) is 22.0 Å². The van der Waals surface area contributed by atoms with E-state index in [1.807, 2.05) is 36.4 Å². The molecule has 0 atom stereocenters. The van der Waals surface area contributed by atoms with Crippen molar-refractivity contribution >= 4 is 33.6 Å². The van der Waals surface area contributed by atoms with Gasteiger partial charge in [0.05, 0.1) is 12.0 Å². The highest BCUT2D eigenvalue weighted by Gasteiger charge is 2.03. The zero-order chi connectivity index (χ0) is 14.9. The second-order valence-electron chi connectivity index (χ2n) is 4.23. The van der Waals surface area contributed by atoms with Gasteiger partial charge in [0, 0.05) is 16.8 Å². The van der Waals surface area contributed by atoms with E-state index in [4.69, 9.17) is 9.15 Å². The summed E-state index contributed by atoms with van der Waals surface area (Å²) in [5, 5.41) is 2.82. The summed E-state index contributed by atoms with van der Waals surface area (Å²) >= 11 is 5.07. The number of hydrogen-bond donors (Lipinski definition) is 1. The summed E-state index contributed by atoms with van der Waals surface area (Å²) < 4.78 is 11.6. The number of ether oxygens (including phenoxy) is 1. The normalized spacial score (nSPS) is 10.3. The van der Waals surface area contributed by atoms with Gasteiger partial charge in [-0.05, 0) is 30.3 Å². The van der Waals surface area contributed by atoms with Crippen LogP contribution in [0, 0.1) is 0 Å². The zero-order valence-corrected chi connectivity index (χ0v) is 13.8. The van der Waals surface area contributed by atoms with Gasteiger partial charge in [0.25, 0.3) is 5.91 Å². The van der Waals surface area contributed by atoms with Gasteiger partial charge in [-0.2, -0.15) is 11.8 Å². The molecule has 1 aromatic carbocycles. The summed E-state index contributed by atoms with van der Waals surface area (Å²) in [6.45, 7) is 0.644. The molecular formula is C15H16BrNO3S. The number of benzene rings is 1. The minimum atomic E-state index is -0.117. The molecule has 0 fully saturated rings. The lowest BCUT2D eigenvalue weighted by atomic mass is 10.3. The summed E-state index contributed by atoms with van der Waals surface area (Å²) in [7, 11) is 0. The molecule has 2 rings (SSSR count). The van der Waals surface area contributed by atoms with E-state index in [0.717, 1.165) is 21.7 Å². The molecule has 0 unspecified atom stereocenters. The fourth-order valence-corrected chi connectivity index (χ4v) is 2.72. The smallest absolute Gasteiger partial charge is 0.257 e. The van der Waals surface area contributed by atoms with Gasteiger partial charge in [0.2, 0.25) is 0 Å². The molecule has 0 spiro atoms. The maximum Gasteiger partial charge on any atom is 0.257 e. The first-order valence-electron chi connectivity index (χ1n) is 6.49. The van der Waals surface area contributed by atoms with Crippen molar-refractivity contribution in [1.29, 1.82) is 0 Å². The van der Waals surface area contributed by atoms with Gasteiger partial charge >= 0.3 is 0 Å². The number of nitrogens with one attached hydrogen (secondary N) is 1. The van der Waals surface area contributed by atoms with Gasteiger partial charge in [-0.3, -0.25) is 4.79 Å². The largest absolute Gasteiger partial charge is 0.484 e. The Hall–Kier alpha value is -1.40. The maximum atomic E-state index is 11.6. The molecule has 1 amide bonds. The van der Waals surface area contributed by atoms with E-state index in [1.165, 1.54) is 0 Å². The first-order valence-corrected chi connectivity index (χ1v) is 8.44. The van der Waals surface area contributed by atoms with E-state index >= 15 is 0 Å². The number of thioether (sulfide) groups is 1. The fraction of sp³-hybridized carbons (Fsp3) is 0.267. The topological polar surface area (TPSA) is 51.5 Å². The Kier molecular flexibility index (Phi) is 6.69. The van der Waals surface area contributed by atoms with Crippen LogP contribution < -0.4 is 10.1 Å². The quantitative estimate of drug-likeness (QED) is 0.723. The number of rotatable bonds is 8. The molecule has 0 saturated heterocycles. The zero-order valence-electron chi connectivity index (χ0n) is 11.4. The fourth-order valence-electron chi connectivity index (χ4n) is 1.59. The molecule has 0 radical (unpaired) electrons. The van der Waals surface area contributed by atoms with Crippen LogP contribution in [-0.2, 0) is 10.5 Å². The summed E-state index contributed by atoms with van der Waals surface area (Å²) in [4.78, 5) is 11.6. The number of furan rings is 1. The van der Waals surface area contributed by atoms with Crippen molar-refractivity contribution in [3.05, 3.63) is 52.9 Å². The second kappa shape index (κ2) is 8.79. The second-order valence-corrected chi connectivity index (χ2v) is 6.25. The Balaban J connectivity index is 1.55. The van der Waals surface area contributed by atoms with Gasteiger partial charge in [-0.15, -0.1) is 0 Å². The molecule has 2 aromatic rings. The van der Waals surface area contributed by atoms with E-state index in [2.05, 4.69) is 21.2 Å². The van der Waals surface area contributed by atoms with E-state index < -0.39 is 0 Å². The average Bonchev–Trinajstić information content (AvgIpc) is 2.98. The number of amides is 1. The van der Waals surface area contributed by atoms with Gasteiger partial charge in [-0.25, -0.2) is 0 Å². The molecule has 0 aliphatic heterocycles. The number of carbonyl (C=O) groups excluding carboxylic acids is 1. The van der Waals surface area contributed by atoms with Gasteiger partial charge in [0.15, 0.2) is 6.61 Å². The minimum Gasteiger partial charge on any atom is -0.484 e. The monoisotopic (exact) mass is 369 g/mol. The van der Waals surface area contributed by atoms with Crippen LogP contribution in [0.25, 0.3) is 0 Å². The average molecular weight is 370 g/mol. The van der Waals surface area contributed by atoms with Crippen LogP contribution in [0.4, 0.5) is 0 Å².